The van der Waals surface area contributed by atoms with E-state index in [1.54, 1.807) is 0 Å². The van der Waals surface area contributed by atoms with Crippen LogP contribution in [0.5, 0.6) is 0 Å². The highest BCUT2D eigenvalue weighted by Crippen LogP contribution is 2.36. The molecule has 2 atom stereocenters. The third-order valence-corrected chi connectivity index (χ3v) is 5.58. The number of benzene rings is 2. The second kappa shape index (κ2) is 9.71. The van der Waals surface area contributed by atoms with Gasteiger partial charge >= 0.3 is 0 Å². The summed E-state index contributed by atoms with van der Waals surface area (Å²) in [7, 11) is 0. The molecule has 6 heteroatoms. The van der Waals surface area contributed by atoms with Crippen LogP contribution in [-0.4, -0.2) is 13.1 Å². The van der Waals surface area contributed by atoms with E-state index in [2.05, 4.69) is 110 Å². The fourth-order valence-electron chi connectivity index (χ4n) is 3.64. The van der Waals surface area contributed by atoms with Crippen molar-refractivity contribution >= 4 is 0 Å². The predicted molar refractivity (Wildman–Crippen MR) is 124 cm³/mol. The molecule has 0 aliphatic heterocycles. The third kappa shape index (κ3) is 6.03. The molecular formula is C24H32N6. The van der Waals surface area contributed by atoms with Crippen molar-refractivity contribution in [3.05, 3.63) is 91.7 Å². The maximum absolute atomic E-state index is 8.94. The summed E-state index contributed by atoms with van der Waals surface area (Å²) in [6.45, 7) is 13.7. The van der Waals surface area contributed by atoms with Crippen molar-refractivity contribution in [3.8, 4) is 0 Å². The lowest BCUT2D eigenvalue weighted by Gasteiger charge is -2.28. The van der Waals surface area contributed by atoms with Crippen LogP contribution in [0.1, 0.15) is 75.6 Å². The number of hydrogen-bond donors (Lipinski definition) is 0. The fraction of sp³-hybridized carbons (Fsp3) is 0.500. The summed E-state index contributed by atoms with van der Waals surface area (Å²) in [4.78, 5) is 5.96. The maximum atomic E-state index is 8.94. The third-order valence-electron chi connectivity index (χ3n) is 5.58. The van der Waals surface area contributed by atoms with Crippen molar-refractivity contribution in [1.29, 1.82) is 0 Å². The zero-order valence-corrected chi connectivity index (χ0v) is 18.9. The van der Waals surface area contributed by atoms with E-state index in [-0.39, 0.29) is 22.7 Å². The molecule has 0 radical (unpaired) electrons. The van der Waals surface area contributed by atoms with Gasteiger partial charge in [-0.05, 0) is 56.0 Å². The fourth-order valence-corrected chi connectivity index (χ4v) is 3.64. The van der Waals surface area contributed by atoms with Crippen molar-refractivity contribution in [2.45, 2.75) is 64.2 Å². The maximum Gasteiger partial charge on any atom is 0.0332 e. The Bertz CT molecular complexity index is 840. The molecule has 0 aliphatic carbocycles. The second-order valence-electron chi connectivity index (χ2n) is 9.78. The van der Waals surface area contributed by atoms with Crippen LogP contribution in [0.15, 0.2) is 58.8 Å². The van der Waals surface area contributed by atoms with Crippen LogP contribution in [0, 0.1) is 0 Å². The highest BCUT2D eigenvalue weighted by atomic mass is 15.1. The van der Waals surface area contributed by atoms with E-state index in [1.807, 2.05) is 0 Å². The van der Waals surface area contributed by atoms with Gasteiger partial charge < -0.3 is 0 Å². The highest BCUT2D eigenvalue weighted by molar-refractivity contribution is 5.35. The largest absolute Gasteiger partial charge is 0.0933 e. The second-order valence-corrected chi connectivity index (χ2v) is 9.78. The van der Waals surface area contributed by atoms with Crippen molar-refractivity contribution in [2.24, 2.45) is 10.2 Å². The van der Waals surface area contributed by atoms with Gasteiger partial charge in [0.15, 0.2) is 0 Å². The molecule has 2 unspecified atom stereocenters. The molecule has 0 bridgehead atoms. The lowest BCUT2D eigenvalue weighted by Crippen LogP contribution is -2.18. The van der Waals surface area contributed by atoms with Crippen LogP contribution >= 0.6 is 0 Å². The lowest BCUT2D eigenvalue weighted by atomic mass is 9.78. The first kappa shape index (κ1) is 23.3. The molecule has 2 aromatic carbocycles. The Balaban J connectivity index is 2.49. The summed E-state index contributed by atoms with van der Waals surface area (Å²) in [5, 5.41) is 7.75. The Morgan fingerprint density at radius 3 is 1.17 bits per heavy atom. The van der Waals surface area contributed by atoms with Crippen LogP contribution in [0.25, 0.3) is 20.9 Å². The predicted octanol–water partition coefficient (Wildman–Crippen LogP) is 7.77. The summed E-state index contributed by atoms with van der Waals surface area (Å²) in [5.74, 6) is -0.165. The number of hydrogen-bond acceptors (Lipinski definition) is 2. The Labute approximate surface area is 179 Å². The van der Waals surface area contributed by atoms with Gasteiger partial charge in [-0.15, -0.1) is 0 Å². The molecule has 0 spiro atoms. The van der Waals surface area contributed by atoms with Gasteiger partial charge in [0.25, 0.3) is 0 Å². The van der Waals surface area contributed by atoms with Crippen molar-refractivity contribution < 1.29 is 0 Å². The van der Waals surface area contributed by atoms with Gasteiger partial charge in [-0.2, -0.15) is 0 Å². The van der Waals surface area contributed by atoms with Gasteiger partial charge in [0.2, 0.25) is 0 Å². The normalized spacial score (nSPS) is 13.7. The van der Waals surface area contributed by atoms with Gasteiger partial charge in [0.05, 0.1) is 0 Å². The molecule has 30 heavy (non-hydrogen) atoms. The summed E-state index contributed by atoms with van der Waals surface area (Å²) < 4.78 is 0. The Morgan fingerprint density at radius 1 is 0.633 bits per heavy atom. The van der Waals surface area contributed by atoms with E-state index in [0.717, 1.165) is 11.1 Å². The molecule has 0 aliphatic rings. The molecule has 0 heterocycles. The molecule has 2 rings (SSSR count). The van der Waals surface area contributed by atoms with Crippen LogP contribution in [0.4, 0.5) is 0 Å². The Kier molecular flexibility index (Phi) is 7.55. The minimum atomic E-state index is -0.0825. The first-order valence-corrected chi connectivity index (χ1v) is 10.3. The lowest BCUT2D eigenvalue weighted by molar-refractivity contribution is 0.547. The zero-order chi connectivity index (χ0) is 22.4. The molecule has 6 nitrogen and oxygen atoms in total. The average Bonchev–Trinajstić information content (AvgIpc) is 2.69. The summed E-state index contributed by atoms with van der Waals surface area (Å²) in [6, 6.07) is 16.9. The number of rotatable bonds is 7. The van der Waals surface area contributed by atoms with Crippen molar-refractivity contribution in [3.63, 3.8) is 0 Å². The van der Waals surface area contributed by atoms with E-state index < -0.39 is 0 Å². The minimum Gasteiger partial charge on any atom is -0.0933 e. The number of nitrogens with zero attached hydrogens (tertiary/aromatic N) is 6. The molecule has 0 saturated heterocycles. The van der Waals surface area contributed by atoms with E-state index in [0.29, 0.717) is 13.1 Å². The van der Waals surface area contributed by atoms with Crippen LogP contribution < -0.4 is 0 Å². The standard InChI is InChI=1S/C24H32N6/c1-23(2,3)19-11-7-17(8-12-19)21(15-27-29-25)22(16-28-30-26)18-9-13-20(14-10-18)24(4,5)6/h7-14,21-22H,15-16H2,1-6H3. The van der Waals surface area contributed by atoms with Crippen LogP contribution in [0.2, 0.25) is 0 Å². The van der Waals surface area contributed by atoms with E-state index in [9.17, 15) is 0 Å². The SMILES string of the molecule is CC(C)(C)c1ccc(C(CN=[N+]=[N-])C(CN=[N+]=[N-])c2ccc(C(C)(C)C)cc2)cc1. The van der Waals surface area contributed by atoms with Gasteiger partial charge in [0, 0.05) is 22.9 Å². The smallest absolute Gasteiger partial charge is 0.0332 e. The van der Waals surface area contributed by atoms with Crippen LogP contribution in [-0.2, 0) is 10.8 Å². The van der Waals surface area contributed by atoms with Gasteiger partial charge in [-0.3, -0.25) is 0 Å². The molecule has 0 aromatic heterocycles. The molecule has 0 amide bonds. The van der Waals surface area contributed by atoms with Gasteiger partial charge in [-0.1, -0.05) is 100 Å². The monoisotopic (exact) mass is 404 g/mol. The van der Waals surface area contributed by atoms with Crippen molar-refractivity contribution in [1.82, 2.24) is 0 Å². The minimum absolute atomic E-state index is 0.0616. The van der Waals surface area contributed by atoms with Gasteiger partial charge in [-0.25, -0.2) is 0 Å². The van der Waals surface area contributed by atoms with E-state index >= 15 is 0 Å². The molecule has 2 aromatic rings. The molecule has 0 saturated carbocycles. The molecule has 0 N–H and O–H groups in total. The quantitative estimate of drug-likeness (QED) is 0.256. The molecule has 158 valence electrons. The first-order valence-electron chi connectivity index (χ1n) is 10.3. The summed E-state index contributed by atoms with van der Waals surface area (Å²) in [6.07, 6.45) is 0. The number of azide groups is 2. The average molecular weight is 405 g/mol. The molecule has 0 fully saturated rings. The van der Waals surface area contributed by atoms with Gasteiger partial charge in [0.1, 0.15) is 0 Å². The van der Waals surface area contributed by atoms with E-state index in [1.165, 1.54) is 11.1 Å². The van der Waals surface area contributed by atoms with E-state index in [4.69, 9.17) is 11.1 Å². The zero-order valence-electron chi connectivity index (χ0n) is 18.9. The first-order chi connectivity index (χ1) is 14.1. The summed E-state index contributed by atoms with van der Waals surface area (Å²) in [5.41, 5.74) is 22.7. The Morgan fingerprint density at radius 2 is 0.933 bits per heavy atom. The molecular weight excluding hydrogens is 372 g/mol. The highest BCUT2D eigenvalue weighted by Gasteiger charge is 2.25. The topological polar surface area (TPSA) is 97.5 Å². The summed E-state index contributed by atoms with van der Waals surface area (Å²) >= 11 is 0. The Hall–Kier alpha value is -2.94. The van der Waals surface area contributed by atoms with Crippen LogP contribution in [0.3, 0.4) is 0 Å². The van der Waals surface area contributed by atoms with Crippen molar-refractivity contribution in [2.75, 3.05) is 13.1 Å².